The Balaban J connectivity index is 1.68. The van der Waals surface area contributed by atoms with E-state index in [0.717, 1.165) is 51.4 Å². The van der Waals surface area contributed by atoms with Gasteiger partial charge in [0.2, 0.25) is 11.8 Å². The number of aromatic nitrogens is 3. The van der Waals surface area contributed by atoms with Gasteiger partial charge in [-0.2, -0.15) is 0 Å². The van der Waals surface area contributed by atoms with E-state index >= 15 is 0 Å². The zero-order valence-corrected chi connectivity index (χ0v) is 18.5. The molecule has 2 heterocycles. The number of anilines is 1. The standard InChI is InChI=1S/C22H32N4O3S/c1-25-18(16-10-6-3-7-11-16)20(28)26(22(25)29)17(14-15-8-4-2-5-9-15)19(27)24-21-23-12-13-30-21/h12-13,15-17,28H,2-11,14H2,1H3,(H,23,24,27)/t17-/m0/s1. The Labute approximate surface area is 181 Å². The predicted molar refractivity (Wildman–Crippen MR) is 118 cm³/mol. The molecule has 2 N–H and O–H groups in total. The van der Waals surface area contributed by atoms with E-state index in [9.17, 15) is 14.7 Å². The largest absolute Gasteiger partial charge is 0.493 e. The Bertz CT molecular complexity index is 906. The highest BCUT2D eigenvalue weighted by Crippen LogP contribution is 2.39. The van der Waals surface area contributed by atoms with Crippen LogP contribution >= 0.6 is 11.3 Å². The van der Waals surface area contributed by atoms with Crippen LogP contribution in [0.3, 0.4) is 0 Å². The Morgan fingerprint density at radius 3 is 2.50 bits per heavy atom. The summed E-state index contributed by atoms with van der Waals surface area (Å²) in [5, 5.41) is 16.4. The van der Waals surface area contributed by atoms with Crippen molar-refractivity contribution in [3.8, 4) is 5.88 Å². The third-order valence-electron chi connectivity index (χ3n) is 6.86. The van der Waals surface area contributed by atoms with Crippen LogP contribution in [0.15, 0.2) is 16.4 Å². The predicted octanol–water partition coefficient (Wildman–Crippen LogP) is 4.55. The van der Waals surface area contributed by atoms with Crippen molar-refractivity contribution >= 4 is 22.4 Å². The maximum atomic E-state index is 13.3. The van der Waals surface area contributed by atoms with Crippen molar-refractivity contribution in [2.45, 2.75) is 82.6 Å². The highest BCUT2D eigenvalue weighted by molar-refractivity contribution is 7.13. The number of imidazole rings is 1. The van der Waals surface area contributed by atoms with E-state index in [4.69, 9.17) is 0 Å². The minimum absolute atomic E-state index is 0.0236. The highest BCUT2D eigenvalue weighted by atomic mass is 32.1. The number of nitrogens with zero attached hydrogens (tertiary/aromatic N) is 3. The molecule has 1 amide bonds. The van der Waals surface area contributed by atoms with E-state index in [-0.39, 0.29) is 23.4 Å². The normalized spacial score (nSPS) is 19.6. The first-order valence-electron chi connectivity index (χ1n) is 11.3. The average Bonchev–Trinajstić information content (AvgIpc) is 3.34. The molecule has 0 aromatic carbocycles. The summed E-state index contributed by atoms with van der Waals surface area (Å²) in [6.07, 6.45) is 13.3. The molecular formula is C22H32N4O3S. The third kappa shape index (κ3) is 4.33. The monoisotopic (exact) mass is 432 g/mol. The third-order valence-corrected chi connectivity index (χ3v) is 7.55. The number of amides is 1. The summed E-state index contributed by atoms with van der Waals surface area (Å²) in [5.74, 6) is 0.267. The highest BCUT2D eigenvalue weighted by Gasteiger charge is 2.34. The summed E-state index contributed by atoms with van der Waals surface area (Å²) < 4.78 is 2.91. The molecule has 7 nitrogen and oxygen atoms in total. The van der Waals surface area contributed by atoms with E-state index < -0.39 is 6.04 Å². The van der Waals surface area contributed by atoms with Gasteiger partial charge in [-0.1, -0.05) is 51.4 Å². The number of hydrogen-bond donors (Lipinski definition) is 2. The van der Waals surface area contributed by atoms with Crippen LogP contribution in [0.5, 0.6) is 5.88 Å². The summed E-state index contributed by atoms with van der Waals surface area (Å²) in [5.41, 5.74) is 0.388. The van der Waals surface area contributed by atoms with Crippen LogP contribution in [0, 0.1) is 5.92 Å². The number of carbonyl (C=O) groups is 1. The molecule has 0 bridgehead atoms. The molecule has 8 heteroatoms. The van der Waals surface area contributed by atoms with Crippen LogP contribution in [0.25, 0.3) is 0 Å². The van der Waals surface area contributed by atoms with Gasteiger partial charge in [-0.05, 0) is 25.2 Å². The van der Waals surface area contributed by atoms with Crippen molar-refractivity contribution in [1.29, 1.82) is 0 Å². The fraction of sp³-hybridized carbons (Fsp3) is 0.682. The molecule has 2 aliphatic rings. The minimum atomic E-state index is -0.729. The lowest BCUT2D eigenvalue weighted by atomic mass is 9.84. The molecule has 164 valence electrons. The molecule has 0 spiro atoms. The first kappa shape index (κ1) is 21.2. The molecule has 0 aliphatic heterocycles. The summed E-state index contributed by atoms with van der Waals surface area (Å²) in [6.45, 7) is 0. The second kappa shape index (κ2) is 9.37. The number of rotatable bonds is 6. The zero-order chi connectivity index (χ0) is 21.1. The molecular weight excluding hydrogens is 400 g/mol. The van der Waals surface area contributed by atoms with Crippen LogP contribution in [0.1, 0.15) is 88.3 Å². The molecule has 0 radical (unpaired) electrons. The van der Waals surface area contributed by atoms with Crippen LogP contribution in [0.2, 0.25) is 0 Å². The lowest BCUT2D eigenvalue weighted by molar-refractivity contribution is -0.120. The van der Waals surface area contributed by atoms with Gasteiger partial charge in [0.1, 0.15) is 6.04 Å². The van der Waals surface area contributed by atoms with Crippen molar-refractivity contribution in [3.63, 3.8) is 0 Å². The van der Waals surface area contributed by atoms with Gasteiger partial charge in [0.05, 0.1) is 5.69 Å². The number of carbonyl (C=O) groups excluding carboxylic acids is 1. The van der Waals surface area contributed by atoms with Gasteiger partial charge in [-0.25, -0.2) is 9.78 Å². The van der Waals surface area contributed by atoms with Crippen LogP contribution < -0.4 is 11.0 Å². The van der Waals surface area contributed by atoms with E-state index in [2.05, 4.69) is 10.3 Å². The number of thiazole rings is 1. The first-order valence-corrected chi connectivity index (χ1v) is 12.1. The van der Waals surface area contributed by atoms with Gasteiger partial charge in [0.15, 0.2) is 5.13 Å². The second-order valence-corrected chi connectivity index (χ2v) is 9.73. The molecule has 2 aromatic heterocycles. The van der Waals surface area contributed by atoms with Crippen molar-refractivity contribution in [2.75, 3.05) is 5.32 Å². The van der Waals surface area contributed by atoms with Crippen molar-refractivity contribution < 1.29 is 9.90 Å². The fourth-order valence-electron chi connectivity index (χ4n) is 5.28. The molecule has 30 heavy (non-hydrogen) atoms. The maximum Gasteiger partial charge on any atom is 0.331 e. The van der Waals surface area contributed by atoms with E-state index in [1.807, 2.05) is 0 Å². The van der Waals surface area contributed by atoms with E-state index in [1.165, 1.54) is 28.7 Å². The SMILES string of the molecule is Cn1c(C2CCCCC2)c(O)n([C@@H](CC2CCCCC2)C(=O)Nc2nccs2)c1=O. The van der Waals surface area contributed by atoms with Crippen molar-refractivity contribution in [3.05, 3.63) is 27.8 Å². The van der Waals surface area contributed by atoms with Gasteiger partial charge in [-0.3, -0.25) is 13.9 Å². The topological polar surface area (TPSA) is 89.2 Å². The van der Waals surface area contributed by atoms with Crippen LogP contribution in [0.4, 0.5) is 5.13 Å². The molecule has 0 saturated heterocycles. The quantitative estimate of drug-likeness (QED) is 0.701. The fourth-order valence-corrected chi connectivity index (χ4v) is 5.82. The summed E-state index contributed by atoms with van der Waals surface area (Å²) in [6, 6.07) is -0.729. The lowest BCUT2D eigenvalue weighted by Crippen LogP contribution is -2.35. The Morgan fingerprint density at radius 2 is 1.87 bits per heavy atom. The molecule has 2 aromatic rings. The van der Waals surface area contributed by atoms with Gasteiger partial charge in [0, 0.05) is 24.5 Å². The molecule has 2 saturated carbocycles. The molecule has 2 aliphatic carbocycles. The van der Waals surface area contributed by atoms with Gasteiger partial charge in [-0.15, -0.1) is 11.3 Å². The Kier molecular flexibility index (Phi) is 6.61. The van der Waals surface area contributed by atoms with Gasteiger partial charge in [0.25, 0.3) is 0 Å². The number of aromatic hydroxyl groups is 1. The Morgan fingerprint density at radius 1 is 1.20 bits per heavy atom. The molecule has 0 unspecified atom stereocenters. The van der Waals surface area contributed by atoms with Gasteiger partial charge >= 0.3 is 5.69 Å². The smallest absolute Gasteiger partial charge is 0.331 e. The number of nitrogens with one attached hydrogen (secondary N) is 1. The summed E-state index contributed by atoms with van der Waals surface area (Å²) in [4.78, 5) is 30.6. The second-order valence-electron chi connectivity index (χ2n) is 8.84. The molecule has 2 fully saturated rings. The van der Waals surface area contributed by atoms with E-state index in [1.54, 1.807) is 23.2 Å². The minimum Gasteiger partial charge on any atom is -0.493 e. The molecule has 1 atom stereocenters. The lowest BCUT2D eigenvalue weighted by Gasteiger charge is -2.26. The summed E-state index contributed by atoms with van der Waals surface area (Å²) >= 11 is 1.35. The number of hydrogen-bond acceptors (Lipinski definition) is 5. The van der Waals surface area contributed by atoms with Crippen molar-refractivity contribution in [2.24, 2.45) is 13.0 Å². The average molecular weight is 433 g/mol. The zero-order valence-electron chi connectivity index (χ0n) is 17.7. The first-order chi connectivity index (χ1) is 14.6. The van der Waals surface area contributed by atoms with Gasteiger partial charge < -0.3 is 10.4 Å². The van der Waals surface area contributed by atoms with E-state index in [0.29, 0.717) is 23.2 Å². The van der Waals surface area contributed by atoms with Crippen LogP contribution in [-0.2, 0) is 11.8 Å². The van der Waals surface area contributed by atoms with Crippen molar-refractivity contribution in [1.82, 2.24) is 14.1 Å². The van der Waals surface area contributed by atoms with Crippen LogP contribution in [-0.4, -0.2) is 25.1 Å². The molecule has 4 rings (SSSR count). The Hall–Kier alpha value is -2.09. The summed E-state index contributed by atoms with van der Waals surface area (Å²) in [7, 11) is 1.72. The maximum absolute atomic E-state index is 13.3.